The number of carbonyl (C=O) groups excluding carboxylic acids is 1. The van der Waals surface area contributed by atoms with Crippen molar-refractivity contribution in [1.29, 1.82) is 0 Å². The molecule has 1 fully saturated rings. The molecule has 0 atom stereocenters. The molecule has 0 spiro atoms. The number of hydrogen-bond donors (Lipinski definition) is 1. The molecule has 0 radical (unpaired) electrons. The number of aromatic nitrogens is 2. The predicted octanol–water partition coefficient (Wildman–Crippen LogP) is 5.97. The van der Waals surface area contributed by atoms with Crippen LogP contribution < -0.4 is 5.32 Å². The first-order valence-electron chi connectivity index (χ1n) is 11.3. The minimum absolute atomic E-state index is 0.0420. The Morgan fingerprint density at radius 3 is 2.78 bits per heavy atom. The van der Waals surface area contributed by atoms with Crippen molar-refractivity contribution in [1.82, 2.24) is 15.3 Å². The summed E-state index contributed by atoms with van der Waals surface area (Å²) >= 11 is 3.02. The quantitative estimate of drug-likeness (QED) is 0.357. The van der Waals surface area contributed by atoms with Crippen molar-refractivity contribution in [2.45, 2.75) is 74.1 Å². The molecular weight excluding hydrogens is 440 g/mol. The Hall–Kier alpha value is -2.45. The first-order chi connectivity index (χ1) is 15.8. The Morgan fingerprint density at radius 1 is 1.12 bits per heavy atom. The van der Waals surface area contributed by atoms with Crippen LogP contribution in [-0.2, 0) is 12.8 Å². The van der Waals surface area contributed by atoms with Gasteiger partial charge in [0.1, 0.15) is 10.8 Å². The van der Waals surface area contributed by atoms with Crippen molar-refractivity contribution >= 4 is 40.2 Å². The molecule has 32 heavy (non-hydrogen) atoms. The van der Waals surface area contributed by atoms with Gasteiger partial charge in [0.15, 0.2) is 10.2 Å². The second-order valence-electron chi connectivity index (χ2n) is 8.25. The fourth-order valence-electron chi connectivity index (χ4n) is 4.39. The van der Waals surface area contributed by atoms with E-state index in [-0.39, 0.29) is 11.9 Å². The van der Waals surface area contributed by atoms with Gasteiger partial charge in [-0.3, -0.25) is 4.79 Å². The number of nitrogens with zero attached hydrogens (tertiary/aromatic N) is 3. The van der Waals surface area contributed by atoms with E-state index in [9.17, 15) is 4.79 Å². The van der Waals surface area contributed by atoms with Crippen molar-refractivity contribution < 1.29 is 9.21 Å². The van der Waals surface area contributed by atoms with Crippen molar-refractivity contribution in [2.24, 2.45) is 4.99 Å². The summed E-state index contributed by atoms with van der Waals surface area (Å²) in [7, 11) is 0. The molecule has 0 aromatic carbocycles. The number of nitrogens with one attached hydrogen (secondary N) is 1. The lowest BCUT2D eigenvalue weighted by atomic mass is 9.93. The van der Waals surface area contributed by atoms with Crippen molar-refractivity contribution in [3.05, 3.63) is 52.4 Å². The average molecular weight is 467 g/mol. The minimum atomic E-state index is 0.0420. The molecule has 8 heteroatoms. The monoisotopic (exact) mass is 466 g/mol. The Morgan fingerprint density at radius 2 is 1.94 bits per heavy atom. The van der Waals surface area contributed by atoms with Gasteiger partial charge in [0.05, 0.1) is 11.8 Å². The van der Waals surface area contributed by atoms with E-state index in [0.717, 1.165) is 42.7 Å². The van der Waals surface area contributed by atoms with Crippen LogP contribution >= 0.6 is 23.1 Å². The lowest BCUT2D eigenvalue weighted by Crippen LogP contribution is -2.36. The van der Waals surface area contributed by atoms with Crippen LogP contribution in [0.2, 0.25) is 0 Å². The maximum atomic E-state index is 13.3. The van der Waals surface area contributed by atoms with Crippen molar-refractivity contribution in [3.63, 3.8) is 0 Å². The second-order valence-corrected chi connectivity index (χ2v) is 10.3. The highest BCUT2D eigenvalue weighted by Gasteiger charge is 2.27. The largest absolute Gasteiger partial charge is 0.448 e. The summed E-state index contributed by atoms with van der Waals surface area (Å²) in [6, 6.07) is 5.84. The normalized spacial score (nSPS) is 16.9. The summed E-state index contributed by atoms with van der Waals surface area (Å²) in [5, 5.41) is 5.43. The van der Waals surface area contributed by atoms with Crippen LogP contribution in [0.15, 0.2) is 50.3 Å². The number of amides is 1. The van der Waals surface area contributed by atoms with E-state index < -0.39 is 0 Å². The topological polar surface area (TPSA) is 80.4 Å². The Balaban J connectivity index is 1.35. The third-order valence-corrected chi connectivity index (χ3v) is 7.98. The summed E-state index contributed by atoms with van der Waals surface area (Å²) in [6.45, 7) is 0. The maximum absolute atomic E-state index is 13.3. The number of fused-ring (bicyclic) bond motifs is 1. The zero-order valence-electron chi connectivity index (χ0n) is 17.9. The summed E-state index contributed by atoms with van der Waals surface area (Å²) in [5.41, 5.74) is 1.99. The maximum Gasteiger partial charge on any atom is 0.254 e. The van der Waals surface area contributed by atoms with Gasteiger partial charge < -0.3 is 9.73 Å². The first kappa shape index (κ1) is 21.4. The van der Waals surface area contributed by atoms with Gasteiger partial charge in [0, 0.05) is 23.3 Å². The zero-order chi connectivity index (χ0) is 21.8. The molecular formula is C24H26N4O2S2. The number of aliphatic imine (C=N–C) groups is 1. The molecule has 5 rings (SSSR count). The molecule has 2 aliphatic rings. The summed E-state index contributed by atoms with van der Waals surface area (Å²) < 4.78 is 5.87. The van der Waals surface area contributed by atoms with Crippen LogP contribution in [0.4, 0.5) is 5.00 Å². The van der Waals surface area contributed by atoms with Crippen LogP contribution in [-0.4, -0.2) is 28.1 Å². The van der Waals surface area contributed by atoms with E-state index >= 15 is 0 Å². The van der Waals surface area contributed by atoms with Gasteiger partial charge in [-0.2, -0.15) is 0 Å². The number of furan rings is 1. The van der Waals surface area contributed by atoms with Gasteiger partial charge in [0.2, 0.25) is 0 Å². The highest BCUT2D eigenvalue weighted by atomic mass is 32.2. The van der Waals surface area contributed by atoms with Gasteiger partial charge in [-0.1, -0.05) is 19.3 Å². The number of hydrogen-bond acceptors (Lipinski definition) is 7. The Kier molecular flexibility index (Phi) is 6.69. The Bertz CT molecular complexity index is 1100. The molecule has 1 N–H and O–H groups in total. The standard InChI is InChI=1S/C24H26N4O2S2/c29-22(28-16-7-2-1-3-8-16)21-18-9-4-5-10-19(18)31-23(21)27-15-17-11-12-20(30-17)32-24-25-13-6-14-26-24/h6,11-16H,1-5,7-10H2,(H,28,29). The second kappa shape index (κ2) is 10.0. The van der Waals surface area contributed by atoms with Crippen LogP contribution in [0.1, 0.15) is 71.5 Å². The lowest BCUT2D eigenvalue weighted by Gasteiger charge is -2.23. The summed E-state index contributed by atoms with van der Waals surface area (Å²) in [4.78, 5) is 27.7. The molecule has 3 heterocycles. The van der Waals surface area contributed by atoms with Crippen molar-refractivity contribution in [2.75, 3.05) is 0 Å². The first-order valence-corrected chi connectivity index (χ1v) is 12.9. The van der Waals surface area contributed by atoms with E-state index in [4.69, 9.17) is 9.41 Å². The molecule has 0 bridgehead atoms. The number of aryl methyl sites for hydroxylation is 1. The molecule has 6 nitrogen and oxygen atoms in total. The SMILES string of the molecule is O=C(NC1CCCCC1)c1c(N=Cc2ccc(Sc3ncccn3)o2)sc2c1CCCC2. The summed E-state index contributed by atoms with van der Waals surface area (Å²) in [6.07, 6.45) is 15.3. The lowest BCUT2D eigenvalue weighted by molar-refractivity contribution is 0.0927. The third kappa shape index (κ3) is 4.96. The van der Waals surface area contributed by atoms with Gasteiger partial charge in [-0.15, -0.1) is 11.3 Å². The van der Waals surface area contributed by atoms with Gasteiger partial charge in [-0.05, 0) is 74.0 Å². The highest BCUT2D eigenvalue weighted by Crippen LogP contribution is 2.40. The van der Waals surface area contributed by atoms with Gasteiger partial charge in [-0.25, -0.2) is 15.0 Å². The molecule has 0 unspecified atom stereocenters. The van der Waals surface area contributed by atoms with E-state index in [2.05, 4.69) is 15.3 Å². The van der Waals surface area contributed by atoms with E-state index in [1.807, 2.05) is 12.1 Å². The minimum Gasteiger partial charge on any atom is -0.448 e. The number of carbonyl (C=O) groups is 1. The molecule has 1 saturated carbocycles. The van der Waals surface area contributed by atoms with E-state index in [1.54, 1.807) is 36.0 Å². The van der Waals surface area contributed by atoms with Gasteiger partial charge >= 0.3 is 0 Å². The Labute approximate surface area is 196 Å². The van der Waals surface area contributed by atoms with E-state index in [0.29, 0.717) is 16.0 Å². The predicted molar refractivity (Wildman–Crippen MR) is 127 cm³/mol. The van der Waals surface area contributed by atoms with Crippen LogP contribution in [0.25, 0.3) is 0 Å². The number of thiophene rings is 1. The molecule has 0 aliphatic heterocycles. The molecule has 3 aromatic rings. The average Bonchev–Trinajstić information content (AvgIpc) is 3.43. The molecule has 166 valence electrons. The van der Waals surface area contributed by atoms with Crippen LogP contribution in [0.3, 0.4) is 0 Å². The molecule has 1 amide bonds. The van der Waals surface area contributed by atoms with Crippen LogP contribution in [0.5, 0.6) is 0 Å². The molecule has 0 saturated heterocycles. The van der Waals surface area contributed by atoms with Gasteiger partial charge in [0.25, 0.3) is 5.91 Å². The zero-order valence-corrected chi connectivity index (χ0v) is 19.5. The number of rotatable bonds is 6. The van der Waals surface area contributed by atoms with E-state index in [1.165, 1.54) is 47.9 Å². The smallest absolute Gasteiger partial charge is 0.254 e. The van der Waals surface area contributed by atoms with Crippen LogP contribution in [0, 0.1) is 0 Å². The summed E-state index contributed by atoms with van der Waals surface area (Å²) in [5.74, 6) is 0.689. The molecule has 3 aromatic heterocycles. The molecule has 2 aliphatic carbocycles. The van der Waals surface area contributed by atoms with Crippen molar-refractivity contribution in [3.8, 4) is 0 Å². The fourth-order valence-corrected chi connectivity index (χ4v) is 6.30. The highest BCUT2D eigenvalue weighted by molar-refractivity contribution is 7.99. The fraction of sp³-hybridized carbons (Fsp3) is 0.417. The third-order valence-electron chi connectivity index (χ3n) is 5.97.